The van der Waals surface area contributed by atoms with Crippen molar-refractivity contribution >= 4 is 0 Å². The minimum Gasteiger partial charge on any atom is -0.315 e. The molecule has 0 amide bonds. The lowest BCUT2D eigenvalue weighted by molar-refractivity contribution is 0.289. The number of nitrogens with zero attached hydrogens (tertiary/aromatic N) is 1. The van der Waals surface area contributed by atoms with Crippen LogP contribution in [0.2, 0.25) is 0 Å². The van der Waals surface area contributed by atoms with Crippen LogP contribution in [0.4, 0.5) is 4.39 Å². The highest BCUT2D eigenvalue weighted by Crippen LogP contribution is 2.22. The predicted octanol–water partition coefficient (Wildman–Crippen LogP) is 3.81. The molecule has 0 aromatic heterocycles. The maximum absolute atomic E-state index is 13.6. The van der Waals surface area contributed by atoms with E-state index in [4.69, 9.17) is 0 Å². The molecule has 1 N–H and O–H groups in total. The first kappa shape index (κ1) is 14.7. The summed E-state index contributed by atoms with van der Waals surface area (Å²) in [5, 5.41) is 2.00. The van der Waals surface area contributed by atoms with Crippen LogP contribution in [0.25, 0.3) is 0 Å². The molecule has 0 saturated heterocycles. The van der Waals surface area contributed by atoms with Gasteiger partial charge in [0.25, 0.3) is 0 Å². The van der Waals surface area contributed by atoms with Crippen LogP contribution in [0.1, 0.15) is 44.9 Å². The van der Waals surface area contributed by atoms with Crippen LogP contribution in [-0.4, -0.2) is 11.6 Å². The minimum absolute atomic E-state index is 0.0976. The van der Waals surface area contributed by atoms with E-state index in [2.05, 4.69) is 12.3 Å². The number of benzene rings is 1. The maximum Gasteiger partial charge on any atom is 0.126 e. The number of hydrazine groups is 1. The first-order chi connectivity index (χ1) is 8.74. The Labute approximate surface area is 109 Å². The number of hydrogen-bond donors (Lipinski definition) is 1. The van der Waals surface area contributed by atoms with E-state index >= 15 is 0 Å². The van der Waals surface area contributed by atoms with Crippen molar-refractivity contribution in [2.24, 2.45) is 0 Å². The van der Waals surface area contributed by atoms with E-state index in [9.17, 15) is 4.39 Å². The van der Waals surface area contributed by atoms with Crippen molar-refractivity contribution in [3.8, 4) is 0 Å². The summed E-state index contributed by atoms with van der Waals surface area (Å²) in [6, 6.07) is 5.58. The molecule has 0 radical (unpaired) electrons. The van der Waals surface area contributed by atoms with Crippen molar-refractivity contribution < 1.29 is 4.39 Å². The molecule has 2 rings (SSSR count). The van der Waals surface area contributed by atoms with Crippen LogP contribution in [0, 0.1) is 5.82 Å². The topological polar surface area (TPSA) is 15.3 Å². The first-order valence-corrected chi connectivity index (χ1v) is 6.74. The molecule has 1 unspecified atom stereocenters. The van der Waals surface area contributed by atoms with Gasteiger partial charge < -0.3 is 5.01 Å². The summed E-state index contributed by atoms with van der Waals surface area (Å²) in [5.41, 5.74) is 5.03. The highest BCUT2D eigenvalue weighted by Gasteiger charge is 2.16. The third kappa shape index (κ3) is 3.33. The van der Waals surface area contributed by atoms with Gasteiger partial charge in [0.05, 0.1) is 6.04 Å². The van der Waals surface area contributed by atoms with Crippen molar-refractivity contribution in [2.75, 3.05) is 6.54 Å². The molecule has 0 spiro atoms. The number of halogens is 1. The molecule has 1 aliphatic heterocycles. The molecule has 0 fully saturated rings. The fourth-order valence-electron chi connectivity index (χ4n) is 1.88. The second kappa shape index (κ2) is 7.17. The second-order valence-corrected chi connectivity index (χ2v) is 3.94. The molecule has 1 aromatic rings. The number of hydrogen-bond acceptors (Lipinski definition) is 2. The van der Waals surface area contributed by atoms with Gasteiger partial charge in [-0.15, -0.1) is 0 Å². The quantitative estimate of drug-likeness (QED) is 0.877. The van der Waals surface area contributed by atoms with Gasteiger partial charge in [-0.05, 0) is 36.6 Å². The Morgan fingerprint density at radius 3 is 2.50 bits per heavy atom. The fourth-order valence-corrected chi connectivity index (χ4v) is 1.88. The summed E-state index contributed by atoms with van der Waals surface area (Å²) >= 11 is 0. The predicted molar refractivity (Wildman–Crippen MR) is 74.5 cm³/mol. The minimum atomic E-state index is -0.106. The Bertz CT molecular complexity index is 401. The van der Waals surface area contributed by atoms with Crippen LogP contribution >= 0.6 is 0 Å². The standard InChI is InChI=1S/C13H17FN2.C2H6/c1-3-10-5-6-11(9-12(10)14)13-7-8-16(4-2)15-13;1-2/h5-9,13,15H,3-4H2,1-2H3;1-2H3. The zero-order valence-corrected chi connectivity index (χ0v) is 11.7. The maximum atomic E-state index is 13.6. The van der Waals surface area contributed by atoms with E-state index in [1.165, 1.54) is 0 Å². The lowest BCUT2D eigenvalue weighted by Gasteiger charge is -2.18. The lowest BCUT2D eigenvalue weighted by Crippen LogP contribution is -2.30. The molecule has 18 heavy (non-hydrogen) atoms. The first-order valence-electron chi connectivity index (χ1n) is 6.74. The van der Waals surface area contributed by atoms with E-state index in [1.807, 2.05) is 50.2 Å². The lowest BCUT2D eigenvalue weighted by atomic mass is 10.0. The number of rotatable bonds is 3. The summed E-state index contributed by atoms with van der Waals surface area (Å²) in [4.78, 5) is 0. The van der Waals surface area contributed by atoms with Gasteiger partial charge in [-0.25, -0.2) is 9.82 Å². The van der Waals surface area contributed by atoms with E-state index in [-0.39, 0.29) is 11.9 Å². The Morgan fingerprint density at radius 1 is 1.28 bits per heavy atom. The average Bonchev–Trinajstić information content (AvgIpc) is 2.90. The van der Waals surface area contributed by atoms with Crippen LogP contribution in [-0.2, 0) is 6.42 Å². The van der Waals surface area contributed by atoms with Crippen molar-refractivity contribution in [1.29, 1.82) is 0 Å². The van der Waals surface area contributed by atoms with Crippen LogP contribution in [0.15, 0.2) is 30.5 Å². The molecule has 2 nitrogen and oxygen atoms in total. The molecule has 1 atom stereocenters. The van der Waals surface area contributed by atoms with E-state index in [1.54, 1.807) is 6.07 Å². The third-order valence-electron chi connectivity index (χ3n) is 2.92. The molecular weight excluding hydrogens is 227 g/mol. The molecule has 1 aliphatic rings. The highest BCUT2D eigenvalue weighted by atomic mass is 19.1. The second-order valence-electron chi connectivity index (χ2n) is 3.94. The van der Waals surface area contributed by atoms with Gasteiger partial charge in [-0.2, -0.15) is 0 Å². The summed E-state index contributed by atoms with van der Waals surface area (Å²) in [5.74, 6) is -0.106. The molecule has 0 aliphatic carbocycles. The SMILES string of the molecule is CC.CCc1ccc(C2C=CN(CC)N2)cc1F. The fraction of sp³-hybridized carbons (Fsp3) is 0.467. The Kier molecular flexibility index (Phi) is 5.86. The van der Waals surface area contributed by atoms with Crippen molar-refractivity contribution in [2.45, 2.75) is 40.2 Å². The van der Waals surface area contributed by atoms with Crippen LogP contribution < -0.4 is 5.43 Å². The smallest absolute Gasteiger partial charge is 0.126 e. The monoisotopic (exact) mass is 250 g/mol. The normalized spacial score (nSPS) is 17.6. The Morgan fingerprint density at radius 2 is 2.00 bits per heavy atom. The average molecular weight is 250 g/mol. The highest BCUT2D eigenvalue weighted by molar-refractivity contribution is 5.29. The van der Waals surface area contributed by atoms with Crippen molar-refractivity contribution in [3.63, 3.8) is 0 Å². The van der Waals surface area contributed by atoms with Gasteiger partial charge in [-0.3, -0.25) is 0 Å². The van der Waals surface area contributed by atoms with Crippen LogP contribution in [0.3, 0.4) is 0 Å². The molecular formula is C15H23FN2. The third-order valence-corrected chi connectivity index (χ3v) is 2.92. The van der Waals surface area contributed by atoms with Crippen LogP contribution in [0.5, 0.6) is 0 Å². The molecule has 1 heterocycles. The molecule has 0 saturated carbocycles. The van der Waals surface area contributed by atoms with E-state index < -0.39 is 0 Å². The van der Waals surface area contributed by atoms with Gasteiger partial charge in [0.1, 0.15) is 5.82 Å². The summed E-state index contributed by atoms with van der Waals surface area (Å²) in [6.07, 6.45) is 4.78. The van der Waals surface area contributed by atoms with Gasteiger partial charge in [-0.1, -0.05) is 32.9 Å². The van der Waals surface area contributed by atoms with Crippen molar-refractivity contribution in [3.05, 3.63) is 47.4 Å². The molecule has 100 valence electrons. The summed E-state index contributed by atoms with van der Waals surface area (Å²) in [6.45, 7) is 8.94. The molecule has 1 aromatic carbocycles. The number of aryl methyl sites for hydroxylation is 1. The Balaban J connectivity index is 0.000000771. The zero-order chi connectivity index (χ0) is 13.5. The number of nitrogens with one attached hydrogen (secondary N) is 1. The van der Waals surface area contributed by atoms with Gasteiger partial charge >= 0.3 is 0 Å². The van der Waals surface area contributed by atoms with Crippen molar-refractivity contribution in [1.82, 2.24) is 10.4 Å². The zero-order valence-electron chi connectivity index (χ0n) is 11.7. The van der Waals surface area contributed by atoms with Gasteiger partial charge in [0.15, 0.2) is 0 Å². The molecule has 3 heteroatoms. The summed E-state index contributed by atoms with van der Waals surface area (Å²) in [7, 11) is 0. The van der Waals surface area contributed by atoms with Gasteiger partial charge in [0.2, 0.25) is 0 Å². The van der Waals surface area contributed by atoms with E-state index in [0.29, 0.717) is 0 Å². The van der Waals surface area contributed by atoms with Gasteiger partial charge in [0, 0.05) is 12.7 Å². The van der Waals surface area contributed by atoms with E-state index in [0.717, 1.165) is 24.1 Å². The Hall–Kier alpha value is -1.35. The largest absolute Gasteiger partial charge is 0.315 e. The molecule has 0 bridgehead atoms. The summed E-state index contributed by atoms with van der Waals surface area (Å²) < 4.78 is 13.6.